The van der Waals surface area contributed by atoms with Gasteiger partial charge in [0.2, 0.25) is 10.0 Å². The molecule has 0 aromatic carbocycles. The van der Waals surface area contributed by atoms with Crippen LogP contribution in [0.5, 0.6) is 0 Å². The Morgan fingerprint density at radius 2 is 1.88 bits per heavy atom. The van der Waals surface area contributed by atoms with Crippen LogP contribution in [0.1, 0.15) is 92.9 Å². The molecule has 1 saturated heterocycles. The molecule has 1 aliphatic heterocycles. The molecule has 0 aromatic rings. The molecule has 0 spiro atoms. The van der Waals surface area contributed by atoms with Crippen molar-refractivity contribution < 1.29 is 27.8 Å². The number of carbonyl (C=O) groups excluding carboxylic acids is 1. The Bertz CT molecular complexity index is 712. The number of sulfonamides is 1. The Morgan fingerprint density at radius 3 is 2.44 bits per heavy atom. The quantitative estimate of drug-likeness (QED) is 0.491. The van der Waals surface area contributed by atoms with Crippen LogP contribution in [0, 0.1) is 5.92 Å². The zero-order chi connectivity index (χ0) is 24.2. The number of amides is 1. The van der Waals surface area contributed by atoms with Crippen LogP contribution in [-0.2, 0) is 19.5 Å². The fraction of sp³-hybridized carbons (Fsp3) is 0.957. The third kappa shape index (κ3) is 7.85. The van der Waals surface area contributed by atoms with Crippen LogP contribution in [0.15, 0.2) is 0 Å². The number of hydrogen-bond donors (Lipinski definition) is 2. The fourth-order valence-corrected chi connectivity index (χ4v) is 6.02. The number of ether oxygens (including phenoxy) is 2. The summed E-state index contributed by atoms with van der Waals surface area (Å²) in [5.74, 6) is -0.0500. The molecule has 0 bridgehead atoms. The van der Waals surface area contributed by atoms with Crippen molar-refractivity contribution in [2.75, 3.05) is 12.3 Å². The molecule has 2 N–H and O–H groups in total. The van der Waals surface area contributed by atoms with Gasteiger partial charge in [-0.15, -0.1) is 0 Å². The van der Waals surface area contributed by atoms with Gasteiger partial charge >= 0.3 is 6.09 Å². The molecular formula is C23H44N2O6S. The molecule has 9 heteroatoms. The highest BCUT2D eigenvalue weighted by Crippen LogP contribution is 2.40. The molecule has 2 fully saturated rings. The average Bonchev–Trinajstić information content (AvgIpc) is 2.91. The van der Waals surface area contributed by atoms with E-state index in [1.807, 2.05) is 27.7 Å². The summed E-state index contributed by atoms with van der Waals surface area (Å²) >= 11 is 0. The lowest BCUT2D eigenvalue weighted by atomic mass is 9.83. The topological polar surface area (TPSA) is 105 Å². The number of nitrogens with one attached hydrogen (secondary N) is 1. The van der Waals surface area contributed by atoms with Crippen molar-refractivity contribution in [3.05, 3.63) is 0 Å². The van der Waals surface area contributed by atoms with Gasteiger partial charge < -0.3 is 14.6 Å². The maximum absolute atomic E-state index is 13.2. The van der Waals surface area contributed by atoms with Crippen molar-refractivity contribution in [3.63, 3.8) is 0 Å². The summed E-state index contributed by atoms with van der Waals surface area (Å²) in [7, 11) is -3.67. The smallest absolute Gasteiger partial charge is 0.412 e. The molecule has 0 aromatic heterocycles. The molecule has 1 heterocycles. The van der Waals surface area contributed by atoms with Gasteiger partial charge in [-0.05, 0) is 53.4 Å². The third-order valence-electron chi connectivity index (χ3n) is 6.23. The standard InChI is InChI=1S/C23H44N2O6S/c1-7-8-14-24-32(28,29)16-19(26)20-18(15-17-12-10-9-11-13-17)25(23(5,6)30-20)21(27)31-22(2,3)4/h17-20,24,26H,7-16H2,1-6H3/t18-,19?,20-/m1/s1. The molecule has 1 unspecified atom stereocenters. The predicted octanol–water partition coefficient (Wildman–Crippen LogP) is 3.78. The zero-order valence-electron chi connectivity index (χ0n) is 20.7. The van der Waals surface area contributed by atoms with Crippen LogP contribution in [0.25, 0.3) is 0 Å². The molecule has 2 aliphatic rings. The second kappa shape index (κ2) is 11.0. The van der Waals surface area contributed by atoms with Gasteiger partial charge in [0.25, 0.3) is 0 Å². The molecule has 32 heavy (non-hydrogen) atoms. The molecule has 188 valence electrons. The molecule has 0 radical (unpaired) electrons. The van der Waals surface area contributed by atoms with Crippen LogP contribution >= 0.6 is 0 Å². The summed E-state index contributed by atoms with van der Waals surface area (Å²) in [6.45, 7) is 11.3. The van der Waals surface area contributed by atoms with E-state index < -0.39 is 51.4 Å². The van der Waals surface area contributed by atoms with E-state index in [1.165, 1.54) is 6.42 Å². The summed E-state index contributed by atoms with van der Waals surface area (Å²) in [5, 5.41) is 11.0. The molecule has 3 atom stereocenters. The van der Waals surface area contributed by atoms with Crippen LogP contribution in [0.3, 0.4) is 0 Å². The van der Waals surface area contributed by atoms with Gasteiger partial charge in [0.15, 0.2) is 0 Å². The monoisotopic (exact) mass is 476 g/mol. The van der Waals surface area contributed by atoms with Crippen molar-refractivity contribution in [1.29, 1.82) is 0 Å². The van der Waals surface area contributed by atoms with Gasteiger partial charge in [0, 0.05) is 6.54 Å². The summed E-state index contributed by atoms with van der Waals surface area (Å²) in [6.07, 6.45) is 5.36. The van der Waals surface area contributed by atoms with Gasteiger partial charge in [0.05, 0.1) is 17.9 Å². The first-order chi connectivity index (χ1) is 14.8. The van der Waals surface area contributed by atoms with Crippen molar-refractivity contribution >= 4 is 16.1 Å². The van der Waals surface area contributed by atoms with Crippen LogP contribution in [0.2, 0.25) is 0 Å². The molecule has 1 saturated carbocycles. The summed E-state index contributed by atoms with van der Waals surface area (Å²) in [4.78, 5) is 14.7. The van der Waals surface area contributed by atoms with E-state index in [0.29, 0.717) is 18.9 Å². The minimum atomic E-state index is -3.67. The first-order valence-corrected chi connectivity index (χ1v) is 13.8. The Balaban J connectivity index is 2.25. The molecule has 2 rings (SSSR count). The van der Waals surface area contributed by atoms with Crippen molar-refractivity contribution in [1.82, 2.24) is 9.62 Å². The van der Waals surface area contributed by atoms with E-state index in [1.54, 1.807) is 18.7 Å². The largest absolute Gasteiger partial charge is 0.444 e. The summed E-state index contributed by atoms with van der Waals surface area (Å²) in [6, 6.07) is -0.455. The minimum Gasteiger partial charge on any atom is -0.444 e. The van der Waals surface area contributed by atoms with Gasteiger partial charge in [-0.3, -0.25) is 4.90 Å². The normalized spacial score (nSPS) is 25.7. The Kier molecular flexibility index (Phi) is 9.41. The van der Waals surface area contributed by atoms with Crippen LogP contribution < -0.4 is 4.72 Å². The minimum absolute atomic E-state index is 0.345. The molecule has 1 aliphatic carbocycles. The number of aliphatic hydroxyl groups excluding tert-OH is 1. The second-order valence-electron chi connectivity index (χ2n) is 10.8. The number of hydrogen-bond acceptors (Lipinski definition) is 6. The lowest BCUT2D eigenvalue weighted by molar-refractivity contribution is -0.0995. The fourth-order valence-electron chi connectivity index (χ4n) is 4.80. The van der Waals surface area contributed by atoms with E-state index in [-0.39, 0.29) is 0 Å². The predicted molar refractivity (Wildman–Crippen MR) is 125 cm³/mol. The summed E-state index contributed by atoms with van der Waals surface area (Å²) in [5.41, 5.74) is -1.70. The lowest BCUT2D eigenvalue weighted by Gasteiger charge is -2.37. The van der Waals surface area contributed by atoms with Gasteiger partial charge in [-0.25, -0.2) is 17.9 Å². The second-order valence-corrected chi connectivity index (χ2v) is 12.6. The van der Waals surface area contributed by atoms with E-state index >= 15 is 0 Å². The van der Waals surface area contributed by atoms with E-state index in [0.717, 1.165) is 38.5 Å². The van der Waals surface area contributed by atoms with Gasteiger partial charge in [0.1, 0.15) is 17.4 Å². The SMILES string of the molecule is CCCCNS(=O)(=O)CC(O)[C@@H]1OC(C)(C)N(C(=O)OC(C)(C)C)[C@@H]1CC1CCCCC1. The van der Waals surface area contributed by atoms with E-state index in [4.69, 9.17) is 9.47 Å². The highest BCUT2D eigenvalue weighted by Gasteiger charge is 2.54. The van der Waals surface area contributed by atoms with Crippen LogP contribution in [0.4, 0.5) is 4.79 Å². The average molecular weight is 477 g/mol. The van der Waals surface area contributed by atoms with E-state index in [9.17, 15) is 18.3 Å². The Hall–Kier alpha value is -0.900. The number of rotatable bonds is 9. The Labute approximate surface area is 194 Å². The number of nitrogens with zero attached hydrogens (tertiary/aromatic N) is 1. The van der Waals surface area contributed by atoms with Gasteiger partial charge in [-0.1, -0.05) is 45.4 Å². The first kappa shape index (κ1) is 27.3. The van der Waals surface area contributed by atoms with E-state index in [2.05, 4.69) is 4.72 Å². The maximum Gasteiger partial charge on any atom is 0.412 e. The lowest BCUT2D eigenvalue weighted by Crippen LogP contribution is -2.52. The van der Waals surface area contributed by atoms with Gasteiger partial charge in [-0.2, -0.15) is 0 Å². The first-order valence-electron chi connectivity index (χ1n) is 12.1. The molecular weight excluding hydrogens is 432 g/mol. The van der Waals surface area contributed by atoms with Crippen LogP contribution in [-0.4, -0.2) is 66.4 Å². The maximum atomic E-state index is 13.2. The Morgan fingerprint density at radius 1 is 1.25 bits per heavy atom. The number of carbonyl (C=O) groups is 1. The number of aliphatic hydroxyl groups is 1. The highest BCUT2D eigenvalue weighted by atomic mass is 32.2. The van der Waals surface area contributed by atoms with Crippen molar-refractivity contribution in [2.45, 2.75) is 122 Å². The highest BCUT2D eigenvalue weighted by molar-refractivity contribution is 7.89. The third-order valence-corrected chi connectivity index (χ3v) is 7.65. The van der Waals surface area contributed by atoms with Crippen molar-refractivity contribution in [3.8, 4) is 0 Å². The number of unbranched alkanes of at least 4 members (excludes halogenated alkanes) is 1. The summed E-state index contributed by atoms with van der Waals surface area (Å²) < 4.78 is 39.4. The molecule has 8 nitrogen and oxygen atoms in total. The molecule has 1 amide bonds. The zero-order valence-corrected chi connectivity index (χ0v) is 21.5. The van der Waals surface area contributed by atoms with Crippen molar-refractivity contribution in [2.24, 2.45) is 5.92 Å².